The summed E-state index contributed by atoms with van der Waals surface area (Å²) in [5.74, 6) is -1.05. The first kappa shape index (κ1) is 11.3. The fraction of sp³-hybridized carbons (Fsp3) is 0. The van der Waals surface area contributed by atoms with Crippen LogP contribution in [0.5, 0.6) is 0 Å². The zero-order valence-corrected chi connectivity index (χ0v) is 10.0. The minimum absolute atomic E-state index is 0.0617. The highest BCUT2D eigenvalue weighted by molar-refractivity contribution is 8.01. The van der Waals surface area contributed by atoms with Gasteiger partial charge in [-0.2, -0.15) is 4.37 Å². The van der Waals surface area contributed by atoms with Crippen molar-refractivity contribution in [2.24, 2.45) is 0 Å². The first-order chi connectivity index (χ1) is 7.66. The fourth-order valence-corrected chi connectivity index (χ4v) is 2.51. The Morgan fingerprint density at radius 3 is 2.88 bits per heavy atom. The van der Waals surface area contributed by atoms with Gasteiger partial charge < -0.3 is 5.11 Å². The number of nitrogens with zero attached hydrogens (tertiary/aromatic N) is 3. The molecule has 2 aromatic heterocycles. The summed E-state index contributed by atoms with van der Waals surface area (Å²) in [4.78, 5) is 18.6. The molecule has 0 saturated heterocycles. The van der Waals surface area contributed by atoms with Gasteiger partial charge in [0.05, 0.1) is 10.6 Å². The summed E-state index contributed by atoms with van der Waals surface area (Å²) in [5.41, 5.74) is 0.0617. The third-order valence-electron chi connectivity index (χ3n) is 1.58. The van der Waals surface area contributed by atoms with E-state index in [4.69, 9.17) is 16.7 Å². The van der Waals surface area contributed by atoms with E-state index < -0.39 is 5.97 Å². The van der Waals surface area contributed by atoms with Gasteiger partial charge in [-0.3, -0.25) is 0 Å². The molecule has 0 atom stereocenters. The van der Waals surface area contributed by atoms with E-state index in [1.54, 1.807) is 0 Å². The highest BCUT2D eigenvalue weighted by Gasteiger charge is 2.10. The van der Waals surface area contributed by atoms with Crippen molar-refractivity contribution < 1.29 is 9.90 Å². The van der Waals surface area contributed by atoms with Crippen LogP contribution in [0.4, 0.5) is 0 Å². The van der Waals surface area contributed by atoms with E-state index in [2.05, 4.69) is 14.3 Å². The highest BCUT2D eigenvalue weighted by Crippen LogP contribution is 2.32. The van der Waals surface area contributed by atoms with Crippen molar-refractivity contribution in [1.82, 2.24) is 14.3 Å². The Labute approximate surface area is 104 Å². The summed E-state index contributed by atoms with van der Waals surface area (Å²) < 4.78 is 4.54. The van der Waals surface area contributed by atoms with E-state index in [1.165, 1.54) is 41.9 Å². The molecule has 8 heteroatoms. The normalized spacial score (nSPS) is 10.3. The van der Waals surface area contributed by atoms with Gasteiger partial charge >= 0.3 is 5.97 Å². The smallest absolute Gasteiger partial charge is 0.337 e. The Bertz CT molecular complexity index is 518. The molecule has 16 heavy (non-hydrogen) atoms. The van der Waals surface area contributed by atoms with Gasteiger partial charge in [0.25, 0.3) is 0 Å². The Morgan fingerprint density at radius 2 is 2.31 bits per heavy atom. The Morgan fingerprint density at radius 1 is 1.50 bits per heavy atom. The number of halogens is 1. The fourth-order valence-electron chi connectivity index (χ4n) is 0.908. The van der Waals surface area contributed by atoms with Crippen molar-refractivity contribution in [2.75, 3.05) is 0 Å². The quantitative estimate of drug-likeness (QED) is 0.926. The van der Waals surface area contributed by atoms with Gasteiger partial charge in [0.1, 0.15) is 11.4 Å². The zero-order valence-electron chi connectivity index (χ0n) is 7.62. The number of hydrogen-bond acceptors (Lipinski definition) is 6. The van der Waals surface area contributed by atoms with Crippen LogP contribution in [0, 0.1) is 0 Å². The maximum atomic E-state index is 10.7. The van der Waals surface area contributed by atoms with Gasteiger partial charge in [-0.25, -0.2) is 14.8 Å². The maximum Gasteiger partial charge on any atom is 0.337 e. The second kappa shape index (κ2) is 4.77. The molecule has 0 amide bonds. The molecule has 0 aliphatic carbocycles. The number of carboxylic acid groups (broad SMARTS) is 1. The number of hydrogen-bond donors (Lipinski definition) is 1. The van der Waals surface area contributed by atoms with Crippen LogP contribution in [0.2, 0.25) is 5.02 Å². The molecule has 0 spiro atoms. The van der Waals surface area contributed by atoms with Gasteiger partial charge in [0.2, 0.25) is 0 Å². The molecule has 0 fully saturated rings. The average molecular weight is 274 g/mol. The van der Waals surface area contributed by atoms with Gasteiger partial charge in [-0.05, 0) is 29.4 Å². The number of rotatable bonds is 3. The van der Waals surface area contributed by atoms with Crippen LogP contribution < -0.4 is 0 Å². The van der Waals surface area contributed by atoms with Gasteiger partial charge in [0.15, 0.2) is 4.34 Å². The van der Waals surface area contributed by atoms with Crippen molar-refractivity contribution in [3.05, 3.63) is 29.2 Å². The Balaban J connectivity index is 2.26. The molecule has 0 radical (unpaired) electrons. The van der Waals surface area contributed by atoms with Gasteiger partial charge in [0, 0.05) is 6.20 Å². The first-order valence-electron chi connectivity index (χ1n) is 4.00. The molecular weight excluding hydrogens is 270 g/mol. The second-order valence-corrected chi connectivity index (χ2v) is 5.05. The minimum atomic E-state index is -1.05. The van der Waals surface area contributed by atoms with E-state index in [0.717, 1.165) is 0 Å². The lowest BCUT2D eigenvalue weighted by Crippen LogP contribution is -1.97. The lowest BCUT2D eigenvalue weighted by atomic mass is 10.3. The summed E-state index contributed by atoms with van der Waals surface area (Å²) in [6.07, 6.45) is 2.70. The third-order valence-corrected chi connectivity index (χ3v) is 3.71. The molecule has 1 N–H and O–H groups in total. The molecule has 0 aliphatic heterocycles. The average Bonchev–Trinajstić information content (AvgIpc) is 2.73. The van der Waals surface area contributed by atoms with E-state index in [0.29, 0.717) is 14.4 Å². The summed E-state index contributed by atoms with van der Waals surface area (Å²) in [7, 11) is 0. The molecule has 82 valence electrons. The number of aromatic carboxylic acids is 1. The summed E-state index contributed by atoms with van der Waals surface area (Å²) in [6.45, 7) is 0. The van der Waals surface area contributed by atoms with Crippen LogP contribution >= 0.6 is 34.9 Å². The largest absolute Gasteiger partial charge is 0.478 e. The summed E-state index contributed by atoms with van der Waals surface area (Å²) >= 11 is 8.37. The molecule has 2 heterocycles. The van der Waals surface area contributed by atoms with E-state index in [-0.39, 0.29) is 5.56 Å². The third kappa shape index (κ3) is 2.49. The molecule has 0 bridgehead atoms. The summed E-state index contributed by atoms with van der Waals surface area (Å²) in [6, 6.07) is 1.36. The SMILES string of the molecule is O=C(O)c1cnc(Sc2ncns2)c(Cl)c1. The lowest BCUT2D eigenvalue weighted by Gasteiger charge is -2.00. The van der Waals surface area contributed by atoms with Crippen LogP contribution in [-0.4, -0.2) is 25.4 Å². The Kier molecular flexibility index (Phi) is 3.37. The van der Waals surface area contributed by atoms with Crippen molar-refractivity contribution in [2.45, 2.75) is 9.37 Å². The molecular formula is C8H4ClN3O2S2. The zero-order chi connectivity index (χ0) is 11.5. The minimum Gasteiger partial charge on any atom is -0.478 e. The van der Waals surface area contributed by atoms with Crippen molar-refractivity contribution in [3.63, 3.8) is 0 Å². The van der Waals surface area contributed by atoms with Crippen LogP contribution in [-0.2, 0) is 0 Å². The van der Waals surface area contributed by atoms with Gasteiger partial charge in [-0.15, -0.1) is 0 Å². The topological polar surface area (TPSA) is 76.0 Å². The standard InChI is InChI=1S/C8H4ClN3O2S2/c9-5-1-4(7(13)14)2-10-6(5)15-8-11-3-12-16-8/h1-3H,(H,13,14). The monoisotopic (exact) mass is 273 g/mol. The van der Waals surface area contributed by atoms with E-state index in [9.17, 15) is 4.79 Å². The number of carbonyl (C=O) groups is 1. The number of aromatic nitrogens is 3. The molecule has 2 aromatic rings. The van der Waals surface area contributed by atoms with Crippen LogP contribution in [0.1, 0.15) is 10.4 Å². The van der Waals surface area contributed by atoms with Gasteiger partial charge in [-0.1, -0.05) is 11.6 Å². The van der Waals surface area contributed by atoms with Crippen LogP contribution in [0.25, 0.3) is 0 Å². The summed E-state index contributed by atoms with van der Waals surface area (Å²) in [5, 5.41) is 9.54. The second-order valence-electron chi connectivity index (χ2n) is 2.63. The number of carboxylic acids is 1. The predicted molar refractivity (Wildman–Crippen MR) is 60.2 cm³/mol. The molecule has 2 rings (SSSR count). The maximum absolute atomic E-state index is 10.7. The highest BCUT2D eigenvalue weighted by atomic mass is 35.5. The van der Waals surface area contributed by atoms with Crippen molar-refractivity contribution in [3.8, 4) is 0 Å². The van der Waals surface area contributed by atoms with Crippen LogP contribution in [0.3, 0.4) is 0 Å². The molecule has 0 saturated carbocycles. The lowest BCUT2D eigenvalue weighted by molar-refractivity contribution is 0.0696. The van der Waals surface area contributed by atoms with Crippen molar-refractivity contribution >= 4 is 40.9 Å². The number of pyridine rings is 1. The molecule has 0 aromatic carbocycles. The molecule has 0 aliphatic rings. The molecule has 5 nitrogen and oxygen atoms in total. The van der Waals surface area contributed by atoms with Crippen molar-refractivity contribution in [1.29, 1.82) is 0 Å². The predicted octanol–water partition coefficient (Wildman–Crippen LogP) is 2.44. The van der Waals surface area contributed by atoms with E-state index >= 15 is 0 Å². The van der Waals surface area contributed by atoms with Crippen LogP contribution in [0.15, 0.2) is 28.0 Å². The Hall–Kier alpha value is -1.18. The molecule has 0 unspecified atom stereocenters. The first-order valence-corrected chi connectivity index (χ1v) is 5.97. The van der Waals surface area contributed by atoms with E-state index in [1.807, 2.05) is 0 Å².